The van der Waals surface area contributed by atoms with Crippen LogP contribution in [-0.4, -0.2) is 26.8 Å². The Labute approximate surface area is 109 Å². The molecule has 3 heteroatoms. The molecule has 3 nitrogen and oxygen atoms in total. The van der Waals surface area contributed by atoms with Crippen molar-refractivity contribution in [1.29, 1.82) is 0 Å². The molecule has 18 heavy (non-hydrogen) atoms. The summed E-state index contributed by atoms with van der Waals surface area (Å²) in [4.78, 5) is 0. The minimum Gasteiger partial charge on any atom is -0.493 e. The number of methoxy groups -OCH3 is 1. The van der Waals surface area contributed by atoms with E-state index in [2.05, 4.69) is 24.4 Å². The Morgan fingerprint density at radius 2 is 2.11 bits per heavy atom. The molecule has 0 atom stereocenters. The van der Waals surface area contributed by atoms with E-state index in [4.69, 9.17) is 9.47 Å². The van der Waals surface area contributed by atoms with Gasteiger partial charge in [0.15, 0.2) is 11.5 Å². The summed E-state index contributed by atoms with van der Waals surface area (Å²) in [7, 11) is 1.69. The zero-order valence-corrected chi connectivity index (χ0v) is 11.4. The Morgan fingerprint density at radius 1 is 1.28 bits per heavy atom. The summed E-state index contributed by atoms with van der Waals surface area (Å²) in [5.74, 6) is 2.50. The maximum absolute atomic E-state index is 5.80. The molecule has 1 aromatic carbocycles. The Balaban J connectivity index is 2.00. The van der Waals surface area contributed by atoms with Crippen molar-refractivity contribution in [2.45, 2.75) is 26.2 Å². The predicted octanol–water partition coefficient (Wildman–Crippen LogP) is 2.64. The first-order valence-electron chi connectivity index (χ1n) is 6.84. The minimum atomic E-state index is 0.765. The lowest BCUT2D eigenvalue weighted by atomic mass is 9.94. The van der Waals surface area contributed by atoms with Crippen molar-refractivity contribution in [3.05, 3.63) is 23.8 Å². The highest BCUT2D eigenvalue weighted by Crippen LogP contribution is 2.29. The van der Waals surface area contributed by atoms with E-state index in [-0.39, 0.29) is 0 Å². The molecule has 0 saturated carbocycles. The van der Waals surface area contributed by atoms with Gasteiger partial charge in [-0.15, -0.1) is 0 Å². The van der Waals surface area contributed by atoms with Crippen LogP contribution in [0.25, 0.3) is 0 Å². The molecular formula is C15H23NO2. The lowest BCUT2D eigenvalue weighted by Crippen LogP contribution is -2.43. The SMILES string of the molecule is CCCCOc1cc(CC2CNC2)ccc1OC. The summed E-state index contributed by atoms with van der Waals surface area (Å²) in [5.41, 5.74) is 1.34. The van der Waals surface area contributed by atoms with Gasteiger partial charge in [0.1, 0.15) is 0 Å². The number of nitrogens with one attached hydrogen (secondary N) is 1. The van der Waals surface area contributed by atoms with Crippen LogP contribution >= 0.6 is 0 Å². The molecule has 0 amide bonds. The van der Waals surface area contributed by atoms with Crippen molar-refractivity contribution < 1.29 is 9.47 Å². The van der Waals surface area contributed by atoms with E-state index in [1.54, 1.807) is 7.11 Å². The van der Waals surface area contributed by atoms with E-state index in [1.165, 1.54) is 5.56 Å². The summed E-state index contributed by atoms with van der Waals surface area (Å²) in [5, 5.41) is 3.30. The van der Waals surface area contributed by atoms with E-state index in [1.807, 2.05) is 6.07 Å². The fraction of sp³-hybridized carbons (Fsp3) is 0.600. The molecule has 2 rings (SSSR count). The molecule has 1 saturated heterocycles. The van der Waals surface area contributed by atoms with Gasteiger partial charge in [0.25, 0.3) is 0 Å². The zero-order chi connectivity index (χ0) is 12.8. The predicted molar refractivity (Wildman–Crippen MR) is 73.5 cm³/mol. The molecule has 1 aliphatic rings. The third-order valence-corrected chi connectivity index (χ3v) is 3.37. The first-order valence-corrected chi connectivity index (χ1v) is 6.84. The number of unbranched alkanes of at least 4 members (excludes halogenated alkanes) is 1. The second kappa shape index (κ2) is 6.64. The summed E-state index contributed by atoms with van der Waals surface area (Å²) in [6, 6.07) is 6.29. The average Bonchev–Trinajstić information content (AvgIpc) is 2.34. The summed E-state index contributed by atoms with van der Waals surface area (Å²) in [6.07, 6.45) is 3.36. The first-order chi connectivity index (χ1) is 8.83. The topological polar surface area (TPSA) is 30.5 Å². The van der Waals surface area contributed by atoms with E-state index >= 15 is 0 Å². The highest BCUT2D eigenvalue weighted by atomic mass is 16.5. The van der Waals surface area contributed by atoms with Crippen molar-refractivity contribution in [3.8, 4) is 11.5 Å². The van der Waals surface area contributed by atoms with Crippen LogP contribution in [0.5, 0.6) is 11.5 Å². The molecule has 0 unspecified atom stereocenters. The van der Waals surface area contributed by atoms with Gasteiger partial charge in [0, 0.05) is 0 Å². The molecular weight excluding hydrogens is 226 g/mol. The van der Waals surface area contributed by atoms with Gasteiger partial charge in [0.2, 0.25) is 0 Å². The lowest BCUT2D eigenvalue weighted by molar-refractivity contribution is 0.287. The van der Waals surface area contributed by atoms with Gasteiger partial charge in [-0.3, -0.25) is 0 Å². The van der Waals surface area contributed by atoms with Crippen molar-refractivity contribution in [1.82, 2.24) is 5.32 Å². The first kappa shape index (κ1) is 13.2. The van der Waals surface area contributed by atoms with E-state index < -0.39 is 0 Å². The molecule has 100 valence electrons. The third-order valence-electron chi connectivity index (χ3n) is 3.37. The van der Waals surface area contributed by atoms with Gasteiger partial charge < -0.3 is 14.8 Å². The Hall–Kier alpha value is -1.22. The second-order valence-corrected chi connectivity index (χ2v) is 4.92. The van der Waals surface area contributed by atoms with Crippen molar-refractivity contribution in [3.63, 3.8) is 0 Å². The maximum atomic E-state index is 5.80. The molecule has 0 bridgehead atoms. The van der Waals surface area contributed by atoms with Crippen LogP contribution in [-0.2, 0) is 6.42 Å². The quantitative estimate of drug-likeness (QED) is 0.754. The fourth-order valence-electron chi connectivity index (χ4n) is 2.11. The van der Waals surface area contributed by atoms with Crippen molar-refractivity contribution >= 4 is 0 Å². The molecule has 1 aliphatic heterocycles. The molecule has 0 aromatic heterocycles. The van der Waals surface area contributed by atoms with Gasteiger partial charge in [-0.25, -0.2) is 0 Å². The van der Waals surface area contributed by atoms with Gasteiger partial charge in [-0.05, 0) is 49.5 Å². The second-order valence-electron chi connectivity index (χ2n) is 4.92. The number of ether oxygens (including phenoxy) is 2. The number of benzene rings is 1. The van der Waals surface area contributed by atoms with Gasteiger partial charge in [0.05, 0.1) is 13.7 Å². The highest BCUT2D eigenvalue weighted by molar-refractivity contribution is 5.43. The Kier molecular flexibility index (Phi) is 4.88. The van der Waals surface area contributed by atoms with E-state index in [9.17, 15) is 0 Å². The molecule has 1 aromatic rings. The van der Waals surface area contributed by atoms with Crippen LogP contribution < -0.4 is 14.8 Å². The Bertz CT molecular complexity index is 375. The van der Waals surface area contributed by atoms with Crippen LogP contribution in [0.3, 0.4) is 0 Å². The average molecular weight is 249 g/mol. The molecule has 0 spiro atoms. The van der Waals surface area contributed by atoms with Crippen LogP contribution in [0, 0.1) is 5.92 Å². The van der Waals surface area contributed by atoms with Crippen LogP contribution in [0.4, 0.5) is 0 Å². The Morgan fingerprint density at radius 3 is 2.72 bits per heavy atom. The van der Waals surface area contributed by atoms with E-state index in [0.29, 0.717) is 0 Å². The normalized spacial score (nSPS) is 15.2. The molecule has 0 radical (unpaired) electrons. The number of hydrogen-bond donors (Lipinski definition) is 1. The van der Waals surface area contributed by atoms with Crippen molar-refractivity contribution in [2.24, 2.45) is 5.92 Å². The summed E-state index contributed by atoms with van der Waals surface area (Å²) >= 11 is 0. The lowest BCUT2D eigenvalue weighted by Gasteiger charge is -2.27. The number of rotatable bonds is 7. The van der Waals surface area contributed by atoms with Crippen molar-refractivity contribution in [2.75, 3.05) is 26.8 Å². The third kappa shape index (κ3) is 3.39. The summed E-state index contributed by atoms with van der Waals surface area (Å²) in [6.45, 7) is 5.21. The minimum absolute atomic E-state index is 0.765. The van der Waals surface area contributed by atoms with Gasteiger partial charge in [-0.1, -0.05) is 19.4 Å². The number of hydrogen-bond acceptors (Lipinski definition) is 3. The van der Waals surface area contributed by atoms with Crippen LogP contribution in [0.2, 0.25) is 0 Å². The van der Waals surface area contributed by atoms with Crippen LogP contribution in [0.1, 0.15) is 25.3 Å². The van der Waals surface area contributed by atoms with Crippen LogP contribution in [0.15, 0.2) is 18.2 Å². The highest BCUT2D eigenvalue weighted by Gasteiger charge is 2.17. The standard InChI is InChI=1S/C15H23NO2/c1-3-4-7-18-15-9-12(5-6-14(15)17-2)8-13-10-16-11-13/h5-6,9,13,16H,3-4,7-8,10-11H2,1-2H3. The fourth-order valence-corrected chi connectivity index (χ4v) is 2.11. The van der Waals surface area contributed by atoms with Gasteiger partial charge in [-0.2, -0.15) is 0 Å². The maximum Gasteiger partial charge on any atom is 0.161 e. The van der Waals surface area contributed by atoms with Gasteiger partial charge >= 0.3 is 0 Å². The molecule has 1 N–H and O–H groups in total. The zero-order valence-electron chi connectivity index (χ0n) is 11.4. The monoisotopic (exact) mass is 249 g/mol. The smallest absolute Gasteiger partial charge is 0.161 e. The molecule has 1 fully saturated rings. The van der Waals surface area contributed by atoms with E-state index in [0.717, 1.165) is 56.4 Å². The molecule has 0 aliphatic carbocycles. The summed E-state index contributed by atoms with van der Waals surface area (Å²) < 4.78 is 11.1. The largest absolute Gasteiger partial charge is 0.493 e. The molecule has 1 heterocycles.